The van der Waals surface area contributed by atoms with E-state index in [0.29, 0.717) is 16.9 Å². The standard InChI is InChI=1S/C15H11N5O/c21-15-11(12-6-7-17-18-12)9-16-14-8-13(19-20(14)15)10-4-2-1-3-5-10/h1-9,19H,(H,17,18). The van der Waals surface area contributed by atoms with Crippen LogP contribution in [0.15, 0.2) is 59.7 Å². The maximum Gasteiger partial charge on any atom is 0.282 e. The molecule has 0 aliphatic rings. The normalized spacial score (nSPS) is 11.0. The third-order valence-electron chi connectivity index (χ3n) is 3.37. The van der Waals surface area contributed by atoms with Crippen LogP contribution in [0.25, 0.3) is 28.2 Å². The van der Waals surface area contributed by atoms with Gasteiger partial charge in [0, 0.05) is 18.5 Å². The first-order valence-electron chi connectivity index (χ1n) is 6.49. The van der Waals surface area contributed by atoms with Crippen molar-refractivity contribution in [1.29, 1.82) is 0 Å². The third-order valence-corrected chi connectivity index (χ3v) is 3.37. The van der Waals surface area contributed by atoms with Crippen molar-refractivity contribution in [3.63, 3.8) is 0 Å². The van der Waals surface area contributed by atoms with E-state index >= 15 is 0 Å². The van der Waals surface area contributed by atoms with Gasteiger partial charge in [0.15, 0.2) is 5.65 Å². The van der Waals surface area contributed by atoms with Crippen LogP contribution < -0.4 is 5.56 Å². The van der Waals surface area contributed by atoms with Crippen LogP contribution in [0, 0.1) is 0 Å². The fourth-order valence-corrected chi connectivity index (χ4v) is 2.32. The number of benzene rings is 1. The first-order chi connectivity index (χ1) is 10.3. The zero-order valence-corrected chi connectivity index (χ0v) is 10.9. The Labute approximate surface area is 119 Å². The SMILES string of the molecule is O=c1c(-c2ccn[nH]2)cnc2cc(-c3ccccc3)[nH]n12. The zero-order chi connectivity index (χ0) is 14.2. The summed E-state index contributed by atoms with van der Waals surface area (Å²) >= 11 is 0. The molecule has 0 unspecified atom stereocenters. The van der Waals surface area contributed by atoms with Gasteiger partial charge in [0.05, 0.1) is 17.0 Å². The monoisotopic (exact) mass is 277 g/mol. The van der Waals surface area contributed by atoms with Crippen LogP contribution in [-0.2, 0) is 0 Å². The minimum absolute atomic E-state index is 0.161. The molecule has 3 heterocycles. The van der Waals surface area contributed by atoms with Gasteiger partial charge in [-0.2, -0.15) is 5.10 Å². The van der Waals surface area contributed by atoms with E-state index in [0.717, 1.165) is 11.3 Å². The molecule has 0 saturated heterocycles. The molecule has 4 rings (SSSR count). The Morgan fingerprint density at radius 3 is 2.67 bits per heavy atom. The Balaban J connectivity index is 1.93. The highest BCUT2D eigenvalue weighted by Gasteiger charge is 2.11. The van der Waals surface area contributed by atoms with E-state index in [2.05, 4.69) is 20.3 Å². The van der Waals surface area contributed by atoms with Crippen molar-refractivity contribution >= 4 is 5.65 Å². The molecule has 2 N–H and O–H groups in total. The predicted molar refractivity (Wildman–Crippen MR) is 78.8 cm³/mol. The molecule has 21 heavy (non-hydrogen) atoms. The van der Waals surface area contributed by atoms with Gasteiger partial charge in [-0.15, -0.1) is 0 Å². The van der Waals surface area contributed by atoms with Crippen molar-refractivity contribution in [2.24, 2.45) is 0 Å². The van der Waals surface area contributed by atoms with Crippen LogP contribution in [0.2, 0.25) is 0 Å². The molecule has 102 valence electrons. The maximum absolute atomic E-state index is 12.5. The molecular weight excluding hydrogens is 266 g/mol. The number of rotatable bonds is 2. The second-order valence-electron chi connectivity index (χ2n) is 4.68. The highest BCUT2D eigenvalue weighted by atomic mass is 16.1. The van der Waals surface area contributed by atoms with Gasteiger partial charge in [0.25, 0.3) is 5.56 Å². The van der Waals surface area contributed by atoms with Crippen molar-refractivity contribution in [3.8, 4) is 22.5 Å². The van der Waals surface area contributed by atoms with Crippen LogP contribution in [-0.4, -0.2) is 24.8 Å². The van der Waals surface area contributed by atoms with Crippen LogP contribution >= 0.6 is 0 Å². The van der Waals surface area contributed by atoms with Gasteiger partial charge >= 0.3 is 0 Å². The van der Waals surface area contributed by atoms with E-state index < -0.39 is 0 Å². The molecule has 0 saturated carbocycles. The lowest BCUT2D eigenvalue weighted by atomic mass is 10.2. The van der Waals surface area contributed by atoms with E-state index in [9.17, 15) is 4.79 Å². The van der Waals surface area contributed by atoms with E-state index in [1.165, 1.54) is 4.52 Å². The summed E-state index contributed by atoms with van der Waals surface area (Å²) in [5, 5.41) is 9.73. The molecule has 0 fully saturated rings. The largest absolute Gasteiger partial charge is 0.289 e. The van der Waals surface area contributed by atoms with Gasteiger partial charge in [0.2, 0.25) is 0 Å². The van der Waals surface area contributed by atoms with Crippen molar-refractivity contribution in [2.75, 3.05) is 0 Å². The van der Waals surface area contributed by atoms with Gasteiger partial charge in [-0.1, -0.05) is 30.3 Å². The third kappa shape index (κ3) is 1.85. The first-order valence-corrected chi connectivity index (χ1v) is 6.49. The fourth-order valence-electron chi connectivity index (χ4n) is 2.32. The van der Waals surface area contributed by atoms with Crippen LogP contribution in [0.4, 0.5) is 0 Å². The number of hydrogen-bond donors (Lipinski definition) is 2. The molecule has 3 aromatic heterocycles. The Kier molecular flexibility index (Phi) is 2.47. The summed E-state index contributed by atoms with van der Waals surface area (Å²) in [6, 6.07) is 13.4. The van der Waals surface area contributed by atoms with Crippen LogP contribution in [0.5, 0.6) is 0 Å². The van der Waals surface area contributed by atoms with E-state index in [4.69, 9.17) is 0 Å². The average Bonchev–Trinajstić information content (AvgIpc) is 3.18. The van der Waals surface area contributed by atoms with E-state index in [1.807, 2.05) is 36.4 Å². The molecule has 0 aliphatic carbocycles. The van der Waals surface area contributed by atoms with Crippen LogP contribution in [0.3, 0.4) is 0 Å². The molecule has 1 aromatic carbocycles. The van der Waals surface area contributed by atoms with Crippen LogP contribution in [0.1, 0.15) is 0 Å². The van der Waals surface area contributed by atoms with Crippen molar-refractivity contribution < 1.29 is 0 Å². The number of H-pyrrole nitrogens is 2. The Morgan fingerprint density at radius 1 is 1.05 bits per heavy atom. The summed E-state index contributed by atoms with van der Waals surface area (Å²) in [4.78, 5) is 16.8. The highest BCUT2D eigenvalue weighted by molar-refractivity contribution is 5.65. The number of nitrogens with zero attached hydrogens (tertiary/aromatic N) is 3. The molecule has 6 heteroatoms. The summed E-state index contributed by atoms with van der Waals surface area (Å²) in [5.41, 5.74) is 3.41. The van der Waals surface area contributed by atoms with Gasteiger partial charge in [-0.05, 0) is 11.6 Å². The summed E-state index contributed by atoms with van der Waals surface area (Å²) in [7, 11) is 0. The fraction of sp³-hybridized carbons (Fsp3) is 0. The number of hydrogen-bond acceptors (Lipinski definition) is 3. The molecule has 0 radical (unpaired) electrons. The lowest BCUT2D eigenvalue weighted by Crippen LogP contribution is -2.17. The quantitative estimate of drug-likeness (QED) is 0.588. The van der Waals surface area contributed by atoms with E-state index in [1.54, 1.807) is 18.5 Å². The molecule has 0 bridgehead atoms. The topological polar surface area (TPSA) is 78.8 Å². The Morgan fingerprint density at radius 2 is 1.90 bits per heavy atom. The second kappa shape index (κ2) is 4.45. The molecule has 0 atom stereocenters. The predicted octanol–water partition coefficient (Wildman–Crippen LogP) is 2.08. The summed E-state index contributed by atoms with van der Waals surface area (Å²) in [6.07, 6.45) is 3.17. The van der Waals surface area contributed by atoms with Gasteiger partial charge < -0.3 is 0 Å². The summed E-state index contributed by atoms with van der Waals surface area (Å²) < 4.78 is 1.44. The van der Waals surface area contributed by atoms with Crippen molar-refractivity contribution in [2.45, 2.75) is 0 Å². The average molecular weight is 277 g/mol. The smallest absolute Gasteiger partial charge is 0.282 e. The Hall–Kier alpha value is -3.15. The van der Waals surface area contributed by atoms with Crippen molar-refractivity contribution in [3.05, 3.63) is 65.2 Å². The highest BCUT2D eigenvalue weighted by Crippen LogP contribution is 2.18. The Bertz CT molecular complexity index is 951. The number of aromatic nitrogens is 5. The second-order valence-corrected chi connectivity index (χ2v) is 4.68. The van der Waals surface area contributed by atoms with Gasteiger partial charge in [0.1, 0.15) is 0 Å². The maximum atomic E-state index is 12.5. The molecule has 0 amide bonds. The molecule has 6 nitrogen and oxygen atoms in total. The van der Waals surface area contributed by atoms with Gasteiger partial charge in [-0.25, -0.2) is 9.50 Å². The zero-order valence-electron chi connectivity index (χ0n) is 10.9. The minimum Gasteiger partial charge on any atom is -0.289 e. The van der Waals surface area contributed by atoms with Gasteiger partial charge in [-0.3, -0.25) is 15.0 Å². The number of nitrogens with one attached hydrogen (secondary N) is 2. The van der Waals surface area contributed by atoms with Crippen molar-refractivity contribution in [1.82, 2.24) is 24.8 Å². The van der Waals surface area contributed by atoms with E-state index in [-0.39, 0.29) is 5.56 Å². The lowest BCUT2D eigenvalue weighted by Gasteiger charge is -1.98. The lowest BCUT2D eigenvalue weighted by molar-refractivity contribution is 0.903. The summed E-state index contributed by atoms with van der Waals surface area (Å²) in [6.45, 7) is 0. The molecule has 0 spiro atoms. The molecule has 0 aliphatic heterocycles. The molecular formula is C15H11N5O. The first kappa shape index (κ1) is 11.7. The summed E-state index contributed by atoms with van der Waals surface area (Å²) in [5.74, 6) is 0. The number of fused-ring (bicyclic) bond motifs is 1. The minimum atomic E-state index is -0.161. The number of aromatic amines is 2. The molecule has 4 aromatic rings.